The van der Waals surface area contributed by atoms with E-state index in [0.717, 1.165) is 12.8 Å². The van der Waals surface area contributed by atoms with Gasteiger partial charge in [0, 0.05) is 10.0 Å². The van der Waals surface area contributed by atoms with Crippen LogP contribution in [0.4, 0.5) is 0 Å². The van der Waals surface area contributed by atoms with Crippen LogP contribution in [0.2, 0.25) is 0 Å². The summed E-state index contributed by atoms with van der Waals surface area (Å²) in [7, 11) is 1.57. The van der Waals surface area contributed by atoms with E-state index in [1.807, 2.05) is 18.4 Å². The van der Waals surface area contributed by atoms with E-state index < -0.39 is 5.56 Å². The molecule has 0 unspecified atom stereocenters. The van der Waals surface area contributed by atoms with Crippen LogP contribution in [0, 0.1) is 11.3 Å². The lowest BCUT2D eigenvalue weighted by Gasteiger charge is -2.18. The molecule has 1 saturated carbocycles. The number of halogens is 1. The van der Waals surface area contributed by atoms with Crippen molar-refractivity contribution >= 4 is 27.7 Å². The minimum Gasteiger partial charge on any atom is -0.493 e. The third-order valence-electron chi connectivity index (χ3n) is 4.31. The zero-order chi connectivity index (χ0) is 18.7. The zero-order valence-electron chi connectivity index (χ0n) is 14.5. The van der Waals surface area contributed by atoms with Gasteiger partial charge in [0.2, 0.25) is 0 Å². The molecule has 1 heterocycles. The molecule has 26 heavy (non-hydrogen) atoms. The summed E-state index contributed by atoms with van der Waals surface area (Å²) in [4.78, 5) is 19.2. The molecule has 0 amide bonds. The molecule has 0 spiro atoms. The highest BCUT2D eigenvalue weighted by molar-refractivity contribution is 9.10. The Hall–Kier alpha value is -1.98. The summed E-state index contributed by atoms with van der Waals surface area (Å²) in [5.74, 6) is 1.19. The van der Waals surface area contributed by atoms with Crippen molar-refractivity contribution in [2.45, 2.75) is 36.9 Å². The van der Waals surface area contributed by atoms with Gasteiger partial charge in [0.25, 0.3) is 5.56 Å². The van der Waals surface area contributed by atoms with E-state index in [9.17, 15) is 10.1 Å². The van der Waals surface area contributed by atoms with Gasteiger partial charge in [0.05, 0.1) is 18.9 Å². The third kappa shape index (κ3) is 3.74. The maximum Gasteiger partial charge on any atom is 0.270 e. The van der Waals surface area contributed by atoms with Crippen LogP contribution in [0.5, 0.6) is 11.5 Å². The van der Waals surface area contributed by atoms with Crippen LogP contribution in [-0.4, -0.2) is 29.4 Å². The summed E-state index contributed by atoms with van der Waals surface area (Å²) in [6, 6.07) is 5.51. The summed E-state index contributed by atoms with van der Waals surface area (Å²) < 4.78 is 12.3. The van der Waals surface area contributed by atoms with Gasteiger partial charge in [0.1, 0.15) is 11.6 Å². The molecular formula is C18H18BrN3O3S. The molecule has 136 valence electrons. The number of thioether (sulfide) groups is 1. The SMILES string of the molecule is COc1cc(-c2nc(SC)[nH]c(=O)c2C#N)c(Br)cc1OC1CCCC1. The Morgan fingerprint density at radius 3 is 2.69 bits per heavy atom. The summed E-state index contributed by atoms with van der Waals surface area (Å²) in [5, 5.41) is 9.84. The number of hydrogen-bond acceptors (Lipinski definition) is 6. The van der Waals surface area contributed by atoms with Crippen molar-refractivity contribution in [2.75, 3.05) is 13.4 Å². The van der Waals surface area contributed by atoms with Crippen molar-refractivity contribution in [1.82, 2.24) is 9.97 Å². The van der Waals surface area contributed by atoms with E-state index in [0.29, 0.717) is 32.4 Å². The smallest absolute Gasteiger partial charge is 0.270 e. The number of ether oxygens (including phenoxy) is 2. The lowest BCUT2D eigenvalue weighted by molar-refractivity contribution is 0.200. The van der Waals surface area contributed by atoms with Gasteiger partial charge in [0.15, 0.2) is 16.7 Å². The molecule has 0 radical (unpaired) electrons. The van der Waals surface area contributed by atoms with Gasteiger partial charge >= 0.3 is 0 Å². The number of nitriles is 1. The molecule has 1 aliphatic rings. The monoisotopic (exact) mass is 435 g/mol. The number of methoxy groups -OCH3 is 1. The van der Waals surface area contributed by atoms with E-state index in [1.54, 1.807) is 13.2 Å². The molecule has 0 atom stereocenters. The van der Waals surface area contributed by atoms with Gasteiger partial charge in [-0.05, 0) is 60.0 Å². The normalized spacial score (nSPS) is 14.2. The molecule has 1 N–H and O–H groups in total. The first kappa shape index (κ1) is 18.8. The van der Waals surface area contributed by atoms with Crippen molar-refractivity contribution < 1.29 is 9.47 Å². The molecular weight excluding hydrogens is 418 g/mol. The topological polar surface area (TPSA) is 88.0 Å². The van der Waals surface area contributed by atoms with Crippen LogP contribution in [0.15, 0.2) is 26.6 Å². The largest absolute Gasteiger partial charge is 0.493 e. The predicted molar refractivity (Wildman–Crippen MR) is 104 cm³/mol. The summed E-state index contributed by atoms with van der Waals surface area (Å²) in [6.07, 6.45) is 6.42. The Kier molecular flexibility index (Phi) is 5.89. The number of rotatable bonds is 5. The van der Waals surface area contributed by atoms with Crippen molar-refractivity contribution in [1.29, 1.82) is 5.26 Å². The highest BCUT2D eigenvalue weighted by Crippen LogP contribution is 2.40. The van der Waals surface area contributed by atoms with E-state index >= 15 is 0 Å². The number of nitrogens with one attached hydrogen (secondary N) is 1. The van der Waals surface area contributed by atoms with Crippen LogP contribution in [0.1, 0.15) is 31.2 Å². The fourth-order valence-corrected chi connectivity index (χ4v) is 3.89. The van der Waals surface area contributed by atoms with Crippen LogP contribution in [-0.2, 0) is 0 Å². The summed E-state index contributed by atoms with van der Waals surface area (Å²) in [5.41, 5.74) is 0.436. The second kappa shape index (κ2) is 8.14. The molecule has 1 aliphatic carbocycles. The van der Waals surface area contributed by atoms with Crippen molar-refractivity contribution in [3.05, 3.63) is 32.5 Å². The minimum atomic E-state index is -0.459. The maximum absolute atomic E-state index is 12.2. The fourth-order valence-electron chi connectivity index (χ4n) is 3.00. The Morgan fingerprint density at radius 2 is 2.08 bits per heavy atom. The number of hydrogen-bond donors (Lipinski definition) is 1. The Bertz CT molecular complexity index is 917. The molecule has 0 saturated heterocycles. The highest BCUT2D eigenvalue weighted by atomic mass is 79.9. The lowest BCUT2D eigenvalue weighted by atomic mass is 10.1. The van der Waals surface area contributed by atoms with Crippen molar-refractivity contribution in [2.24, 2.45) is 0 Å². The maximum atomic E-state index is 12.2. The average Bonchev–Trinajstić information content (AvgIpc) is 3.14. The molecule has 3 rings (SSSR count). The molecule has 0 bridgehead atoms. The first-order valence-electron chi connectivity index (χ1n) is 8.20. The standard InChI is InChI=1S/C18H18BrN3O3S/c1-24-14-7-11(13(19)8-15(14)25-10-5-3-4-6-10)16-12(9-20)17(23)22-18(21-16)26-2/h7-8,10H,3-6H2,1-2H3,(H,21,22,23). The summed E-state index contributed by atoms with van der Waals surface area (Å²) >= 11 is 4.83. The quantitative estimate of drug-likeness (QED) is 0.561. The lowest BCUT2D eigenvalue weighted by Crippen LogP contribution is -2.15. The Labute approximate surface area is 164 Å². The number of H-pyrrole nitrogens is 1. The van der Waals surface area contributed by atoms with Gasteiger partial charge in [-0.1, -0.05) is 11.8 Å². The van der Waals surface area contributed by atoms with Gasteiger partial charge in [-0.25, -0.2) is 4.98 Å². The van der Waals surface area contributed by atoms with Gasteiger partial charge < -0.3 is 14.5 Å². The number of benzene rings is 1. The first-order valence-corrected chi connectivity index (χ1v) is 10.2. The number of aromatic amines is 1. The van der Waals surface area contributed by atoms with E-state index in [1.165, 1.54) is 24.6 Å². The molecule has 6 nitrogen and oxygen atoms in total. The van der Waals surface area contributed by atoms with Crippen molar-refractivity contribution in [3.63, 3.8) is 0 Å². The van der Waals surface area contributed by atoms with Crippen LogP contribution >= 0.6 is 27.7 Å². The van der Waals surface area contributed by atoms with Gasteiger partial charge in [-0.15, -0.1) is 0 Å². The fraction of sp³-hybridized carbons (Fsp3) is 0.389. The van der Waals surface area contributed by atoms with Crippen LogP contribution in [0.25, 0.3) is 11.3 Å². The minimum absolute atomic E-state index is 0.0324. The molecule has 1 fully saturated rings. The number of aromatic nitrogens is 2. The summed E-state index contributed by atoms with van der Waals surface area (Å²) in [6.45, 7) is 0. The van der Waals surface area contributed by atoms with Gasteiger partial charge in [-0.3, -0.25) is 4.79 Å². The van der Waals surface area contributed by atoms with Crippen LogP contribution in [0.3, 0.4) is 0 Å². The number of nitrogens with zero attached hydrogens (tertiary/aromatic N) is 2. The zero-order valence-corrected chi connectivity index (χ0v) is 16.9. The Balaban J connectivity index is 2.10. The second-order valence-corrected chi connectivity index (χ2v) is 7.57. The third-order valence-corrected chi connectivity index (χ3v) is 5.54. The highest BCUT2D eigenvalue weighted by Gasteiger charge is 2.22. The molecule has 2 aromatic rings. The van der Waals surface area contributed by atoms with E-state index in [2.05, 4.69) is 25.9 Å². The molecule has 8 heteroatoms. The molecule has 1 aromatic heterocycles. The average molecular weight is 436 g/mol. The predicted octanol–water partition coefficient (Wildman–Crippen LogP) is 4.12. The first-order chi connectivity index (χ1) is 12.6. The second-order valence-electron chi connectivity index (χ2n) is 5.92. The molecule has 0 aliphatic heterocycles. The van der Waals surface area contributed by atoms with Crippen molar-refractivity contribution in [3.8, 4) is 28.8 Å². The van der Waals surface area contributed by atoms with Gasteiger partial charge in [-0.2, -0.15) is 5.26 Å². The van der Waals surface area contributed by atoms with E-state index in [4.69, 9.17) is 9.47 Å². The van der Waals surface area contributed by atoms with Crippen LogP contribution < -0.4 is 15.0 Å². The Morgan fingerprint density at radius 1 is 1.35 bits per heavy atom. The molecule has 1 aromatic carbocycles. The van der Waals surface area contributed by atoms with E-state index in [-0.39, 0.29) is 11.7 Å².